The van der Waals surface area contributed by atoms with Gasteiger partial charge in [0.2, 0.25) is 0 Å². The molecule has 0 aliphatic heterocycles. The number of rotatable bonds is 3. The monoisotopic (exact) mass is 311 g/mol. The molecule has 0 spiro atoms. The Kier molecular flexibility index (Phi) is 4.25. The number of hydrogen-bond donors (Lipinski definition) is 0. The molecule has 0 atom stereocenters. The summed E-state index contributed by atoms with van der Waals surface area (Å²) in [7, 11) is 0. The summed E-state index contributed by atoms with van der Waals surface area (Å²) in [4.78, 5) is 16.6. The van der Waals surface area contributed by atoms with E-state index in [-0.39, 0.29) is 28.2 Å². The molecule has 0 radical (unpaired) electrons. The molecule has 0 N–H and O–H groups in total. The molecular formula is C15H15ClFNOS. The molecule has 106 valence electrons. The van der Waals surface area contributed by atoms with Gasteiger partial charge in [0.25, 0.3) is 0 Å². The van der Waals surface area contributed by atoms with E-state index in [9.17, 15) is 9.18 Å². The number of aromatic nitrogens is 1. The molecule has 1 aromatic carbocycles. The van der Waals surface area contributed by atoms with Crippen molar-refractivity contribution in [3.63, 3.8) is 0 Å². The van der Waals surface area contributed by atoms with Gasteiger partial charge in [0.1, 0.15) is 10.8 Å². The van der Waals surface area contributed by atoms with Gasteiger partial charge in [-0.25, -0.2) is 9.37 Å². The Morgan fingerprint density at radius 3 is 2.70 bits per heavy atom. The maximum atomic E-state index is 13.3. The second-order valence-electron chi connectivity index (χ2n) is 5.58. The zero-order valence-corrected chi connectivity index (χ0v) is 13.1. The van der Waals surface area contributed by atoms with Crippen LogP contribution in [0.4, 0.5) is 4.39 Å². The minimum atomic E-state index is -0.577. The number of carbonyl (C=O) groups excluding carboxylic acids is 1. The Labute approximate surface area is 126 Å². The van der Waals surface area contributed by atoms with E-state index >= 15 is 0 Å². The van der Waals surface area contributed by atoms with Crippen LogP contribution in [0.1, 0.15) is 41.8 Å². The van der Waals surface area contributed by atoms with Gasteiger partial charge in [-0.2, -0.15) is 0 Å². The summed E-state index contributed by atoms with van der Waals surface area (Å²) >= 11 is 7.26. The standard InChI is InChI=1S/C15H15ClFNOS/c1-15(2,3)12-8-20-13(18-12)7-11(19)9-5-4-6-10(17)14(9)16/h4-6,8H,7H2,1-3H3. The lowest BCUT2D eigenvalue weighted by Gasteiger charge is -2.14. The smallest absolute Gasteiger partial charge is 0.171 e. The van der Waals surface area contributed by atoms with Gasteiger partial charge in [-0.3, -0.25) is 4.79 Å². The highest BCUT2D eigenvalue weighted by molar-refractivity contribution is 7.09. The molecule has 0 aliphatic carbocycles. The van der Waals surface area contributed by atoms with E-state index in [1.807, 2.05) is 5.38 Å². The Balaban J connectivity index is 2.20. The first-order valence-corrected chi connectivity index (χ1v) is 7.47. The number of Topliss-reactive ketones (excluding diaryl/α,β-unsaturated/α-hetero) is 1. The van der Waals surface area contributed by atoms with Gasteiger partial charge in [-0.05, 0) is 12.1 Å². The number of benzene rings is 1. The van der Waals surface area contributed by atoms with Crippen molar-refractivity contribution in [3.05, 3.63) is 50.7 Å². The summed E-state index contributed by atoms with van der Waals surface area (Å²) in [5.74, 6) is -0.795. The first-order chi connectivity index (χ1) is 9.29. The number of halogens is 2. The van der Waals surface area contributed by atoms with E-state index in [4.69, 9.17) is 11.6 Å². The molecule has 0 amide bonds. The zero-order valence-electron chi connectivity index (χ0n) is 11.5. The molecule has 0 saturated heterocycles. The van der Waals surface area contributed by atoms with Gasteiger partial charge in [0.15, 0.2) is 5.78 Å². The fourth-order valence-corrected chi connectivity index (χ4v) is 2.94. The van der Waals surface area contributed by atoms with Crippen molar-refractivity contribution in [3.8, 4) is 0 Å². The largest absolute Gasteiger partial charge is 0.294 e. The SMILES string of the molecule is CC(C)(C)c1csc(CC(=O)c2cccc(F)c2Cl)n1. The number of hydrogen-bond acceptors (Lipinski definition) is 3. The molecule has 0 bridgehead atoms. The first-order valence-electron chi connectivity index (χ1n) is 6.21. The summed E-state index contributed by atoms with van der Waals surface area (Å²) in [5.41, 5.74) is 1.11. The molecule has 2 rings (SSSR count). The maximum absolute atomic E-state index is 13.3. The predicted octanol–water partition coefficient (Wildman–Crippen LogP) is 4.66. The van der Waals surface area contributed by atoms with Crippen LogP contribution in [-0.2, 0) is 11.8 Å². The van der Waals surface area contributed by atoms with Gasteiger partial charge >= 0.3 is 0 Å². The molecule has 5 heteroatoms. The van der Waals surface area contributed by atoms with Crippen molar-refractivity contribution in [2.75, 3.05) is 0 Å². The average Bonchev–Trinajstić information content (AvgIpc) is 2.81. The third-order valence-corrected chi connectivity index (χ3v) is 4.12. The fraction of sp³-hybridized carbons (Fsp3) is 0.333. The van der Waals surface area contributed by atoms with Crippen molar-refractivity contribution in [1.82, 2.24) is 4.98 Å². The van der Waals surface area contributed by atoms with Gasteiger partial charge in [-0.1, -0.05) is 38.4 Å². The Morgan fingerprint density at radius 1 is 1.40 bits per heavy atom. The minimum absolute atomic E-state index is 0.0473. The third-order valence-electron chi connectivity index (χ3n) is 2.88. The summed E-state index contributed by atoms with van der Waals surface area (Å²) < 4.78 is 13.3. The molecule has 2 aromatic rings. The minimum Gasteiger partial charge on any atom is -0.294 e. The number of nitrogens with zero attached hydrogens (tertiary/aromatic N) is 1. The molecular weight excluding hydrogens is 297 g/mol. The van der Waals surface area contributed by atoms with Crippen LogP contribution in [0.5, 0.6) is 0 Å². The van der Waals surface area contributed by atoms with Crippen LogP contribution in [0.3, 0.4) is 0 Å². The lowest BCUT2D eigenvalue weighted by Crippen LogP contribution is -2.12. The highest BCUT2D eigenvalue weighted by Crippen LogP contribution is 2.26. The highest BCUT2D eigenvalue weighted by Gasteiger charge is 2.20. The van der Waals surface area contributed by atoms with Crippen molar-refractivity contribution in [2.24, 2.45) is 0 Å². The van der Waals surface area contributed by atoms with Crippen LogP contribution in [-0.4, -0.2) is 10.8 Å². The van der Waals surface area contributed by atoms with Crippen LogP contribution >= 0.6 is 22.9 Å². The summed E-state index contributed by atoms with van der Waals surface area (Å²) in [5, 5.41) is 2.56. The summed E-state index contributed by atoms with van der Waals surface area (Å²) in [6.45, 7) is 6.20. The normalized spacial score (nSPS) is 11.7. The van der Waals surface area contributed by atoms with Crippen molar-refractivity contribution in [1.29, 1.82) is 0 Å². The molecule has 2 nitrogen and oxygen atoms in total. The second-order valence-corrected chi connectivity index (χ2v) is 6.90. The Morgan fingerprint density at radius 2 is 2.10 bits per heavy atom. The van der Waals surface area contributed by atoms with Gasteiger partial charge < -0.3 is 0 Å². The highest BCUT2D eigenvalue weighted by atomic mass is 35.5. The van der Waals surface area contributed by atoms with Crippen LogP contribution in [0.25, 0.3) is 0 Å². The van der Waals surface area contributed by atoms with Gasteiger partial charge in [0, 0.05) is 16.4 Å². The maximum Gasteiger partial charge on any atom is 0.171 e. The topological polar surface area (TPSA) is 30.0 Å². The molecule has 1 aromatic heterocycles. The number of carbonyl (C=O) groups is 1. The summed E-state index contributed by atoms with van der Waals surface area (Å²) in [6, 6.07) is 4.25. The van der Waals surface area contributed by atoms with Crippen molar-refractivity contribution < 1.29 is 9.18 Å². The number of thiazole rings is 1. The van der Waals surface area contributed by atoms with Crippen LogP contribution < -0.4 is 0 Å². The molecule has 0 aliphatic rings. The Bertz CT molecular complexity index is 646. The van der Waals surface area contributed by atoms with E-state index in [1.54, 1.807) is 0 Å². The first kappa shape index (κ1) is 15.1. The van der Waals surface area contributed by atoms with Crippen molar-refractivity contribution >= 4 is 28.7 Å². The van der Waals surface area contributed by atoms with Crippen LogP contribution in [0.15, 0.2) is 23.6 Å². The molecule has 0 saturated carbocycles. The molecule has 20 heavy (non-hydrogen) atoms. The second kappa shape index (κ2) is 5.62. The average molecular weight is 312 g/mol. The lowest BCUT2D eigenvalue weighted by molar-refractivity contribution is 0.0992. The van der Waals surface area contributed by atoms with Crippen molar-refractivity contribution in [2.45, 2.75) is 32.6 Å². The fourth-order valence-electron chi connectivity index (χ4n) is 1.69. The zero-order chi connectivity index (χ0) is 14.9. The van der Waals surface area contributed by atoms with Gasteiger partial charge in [0.05, 0.1) is 17.1 Å². The lowest BCUT2D eigenvalue weighted by atomic mass is 9.93. The predicted molar refractivity (Wildman–Crippen MR) is 80.3 cm³/mol. The molecule has 0 fully saturated rings. The number of ketones is 1. The van der Waals surface area contributed by atoms with Crippen LogP contribution in [0.2, 0.25) is 5.02 Å². The third kappa shape index (κ3) is 3.25. The quantitative estimate of drug-likeness (QED) is 0.772. The molecule has 1 heterocycles. The Hall–Kier alpha value is -1.26. The van der Waals surface area contributed by atoms with Gasteiger partial charge in [-0.15, -0.1) is 11.3 Å². The van der Waals surface area contributed by atoms with E-state index < -0.39 is 5.82 Å². The van der Waals surface area contributed by atoms with E-state index in [0.717, 1.165) is 10.7 Å². The van der Waals surface area contributed by atoms with E-state index in [0.29, 0.717) is 0 Å². The van der Waals surface area contributed by atoms with E-state index in [2.05, 4.69) is 25.8 Å². The molecule has 0 unspecified atom stereocenters. The van der Waals surface area contributed by atoms with E-state index in [1.165, 1.54) is 29.5 Å². The van der Waals surface area contributed by atoms with Crippen LogP contribution in [0, 0.1) is 5.82 Å². The summed E-state index contributed by atoms with van der Waals surface area (Å²) in [6.07, 6.45) is 0.143.